The molecule has 1 atom stereocenters. The van der Waals surface area contributed by atoms with Gasteiger partial charge in [0.25, 0.3) is 5.91 Å². The van der Waals surface area contributed by atoms with Gasteiger partial charge in [0.05, 0.1) is 25.8 Å². The van der Waals surface area contributed by atoms with Crippen molar-refractivity contribution in [1.82, 2.24) is 9.80 Å². The number of carbonyl (C=O) groups excluding carboxylic acids is 4. The van der Waals surface area contributed by atoms with E-state index in [1.165, 1.54) is 19.1 Å². The molecule has 0 spiro atoms. The summed E-state index contributed by atoms with van der Waals surface area (Å²) in [6, 6.07) is 5.49. The van der Waals surface area contributed by atoms with Crippen molar-refractivity contribution in [2.24, 2.45) is 4.99 Å². The Kier molecular flexibility index (Phi) is 5.17. The van der Waals surface area contributed by atoms with Gasteiger partial charge in [-0.15, -0.1) is 0 Å². The Balaban J connectivity index is 1.62. The normalized spacial score (nSPS) is 20.0. The zero-order valence-corrected chi connectivity index (χ0v) is 17.4. The average molecular weight is 428 g/mol. The molecule has 0 aliphatic carbocycles. The number of benzene rings is 1. The average Bonchev–Trinajstić information content (AvgIpc) is 3.35. The molecule has 3 amide bonds. The van der Waals surface area contributed by atoms with Gasteiger partial charge < -0.3 is 9.47 Å². The first-order valence-corrected chi connectivity index (χ1v) is 9.80. The first kappa shape index (κ1) is 20.5. The molecular formula is C20H22N5O6+. The highest BCUT2D eigenvalue weighted by Crippen LogP contribution is 2.27. The van der Waals surface area contributed by atoms with Gasteiger partial charge in [-0.1, -0.05) is 4.99 Å². The van der Waals surface area contributed by atoms with Crippen molar-refractivity contribution in [3.8, 4) is 0 Å². The molecule has 0 radical (unpaired) electrons. The van der Waals surface area contributed by atoms with E-state index < -0.39 is 36.5 Å². The zero-order valence-electron chi connectivity index (χ0n) is 17.4. The van der Waals surface area contributed by atoms with E-state index in [1.807, 2.05) is 9.48 Å². The number of rotatable bonds is 5. The number of amidine groups is 1. The highest BCUT2D eigenvalue weighted by molar-refractivity contribution is 6.24. The second kappa shape index (κ2) is 7.82. The number of esters is 2. The fourth-order valence-electron chi connectivity index (χ4n) is 3.83. The summed E-state index contributed by atoms with van der Waals surface area (Å²) in [5, 5.41) is 0. The summed E-state index contributed by atoms with van der Waals surface area (Å²) in [6.07, 6.45) is 0. The van der Waals surface area contributed by atoms with Crippen molar-refractivity contribution in [2.75, 3.05) is 45.3 Å². The number of amides is 3. The number of nitrogens with zero attached hydrogens (tertiary/aromatic N) is 5. The predicted molar refractivity (Wildman–Crippen MR) is 108 cm³/mol. The maximum Gasteiger partial charge on any atom is 0.397 e. The molecule has 3 aliphatic rings. The van der Waals surface area contributed by atoms with Crippen LogP contribution in [0.25, 0.3) is 0 Å². The maximum absolute atomic E-state index is 13.0. The topological polar surface area (TPSA) is 112 Å². The van der Waals surface area contributed by atoms with Gasteiger partial charge >= 0.3 is 23.9 Å². The standard InChI is InChI=1S/C20H22N5O6/c1-4-31-18(28)12-5-7-13(8-6-12)23-9-10-24-15-16(21-19(23)24)22(2)20(29)25(17(15)27)11-14(26)30-3/h5-8,15H,4,9-11H2,1-3H3/q+1. The number of imide groups is 1. The van der Waals surface area contributed by atoms with Crippen LogP contribution < -0.4 is 4.90 Å². The van der Waals surface area contributed by atoms with Gasteiger partial charge in [-0.25, -0.2) is 24.0 Å². The quantitative estimate of drug-likeness (QED) is 0.476. The minimum absolute atomic E-state index is 0.297. The van der Waals surface area contributed by atoms with Gasteiger partial charge in [0.2, 0.25) is 11.9 Å². The Morgan fingerprint density at radius 1 is 1.23 bits per heavy atom. The van der Waals surface area contributed by atoms with E-state index in [-0.39, 0.29) is 0 Å². The van der Waals surface area contributed by atoms with Gasteiger partial charge in [0, 0.05) is 7.05 Å². The molecule has 3 aliphatic heterocycles. The number of fused-ring (bicyclic) bond motifs is 2. The highest BCUT2D eigenvalue weighted by Gasteiger charge is 2.55. The summed E-state index contributed by atoms with van der Waals surface area (Å²) in [6.45, 7) is 2.67. The molecule has 31 heavy (non-hydrogen) atoms. The van der Waals surface area contributed by atoms with Crippen LogP contribution in [-0.2, 0) is 19.1 Å². The number of hydrogen-bond acceptors (Lipinski definition) is 8. The third-order valence-corrected chi connectivity index (χ3v) is 5.40. The number of methoxy groups -OCH3 is 1. The number of aliphatic imine (C=N–C) groups is 1. The van der Waals surface area contributed by atoms with Crippen LogP contribution in [0.15, 0.2) is 29.3 Å². The smallest absolute Gasteiger partial charge is 0.397 e. The molecule has 0 bridgehead atoms. The number of ether oxygens (including phenoxy) is 2. The van der Waals surface area contributed by atoms with Crippen LogP contribution in [-0.4, -0.2) is 96.5 Å². The lowest BCUT2D eigenvalue weighted by Crippen LogP contribution is -2.63. The van der Waals surface area contributed by atoms with E-state index in [4.69, 9.17) is 4.74 Å². The van der Waals surface area contributed by atoms with Crippen molar-refractivity contribution in [3.63, 3.8) is 0 Å². The fraction of sp³-hybridized carbons (Fsp3) is 0.400. The molecule has 11 heteroatoms. The molecule has 0 saturated carbocycles. The van der Waals surface area contributed by atoms with Crippen LogP contribution in [0.1, 0.15) is 17.3 Å². The second-order valence-electron chi connectivity index (χ2n) is 7.13. The summed E-state index contributed by atoms with van der Waals surface area (Å²) < 4.78 is 11.4. The molecule has 1 aromatic rings. The van der Waals surface area contributed by atoms with Gasteiger partial charge in [-0.3, -0.25) is 14.5 Å². The Hall–Kier alpha value is -3.76. The minimum atomic E-state index is -0.786. The third kappa shape index (κ3) is 3.31. The number of urea groups is 1. The van der Waals surface area contributed by atoms with Crippen LogP contribution in [0.4, 0.5) is 10.5 Å². The molecule has 11 nitrogen and oxygen atoms in total. The number of anilines is 1. The van der Waals surface area contributed by atoms with Crippen molar-refractivity contribution < 1.29 is 33.2 Å². The van der Waals surface area contributed by atoms with Crippen molar-refractivity contribution in [1.29, 1.82) is 0 Å². The SMILES string of the molecule is CCOC(=O)c1ccc(N2CC[N+]3=C2N=C2C3C(=O)N(CC(=O)OC)C(=O)N2C)cc1. The third-order valence-electron chi connectivity index (χ3n) is 5.40. The van der Waals surface area contributed by atoms with E-state index in [1.54, 1.807) is 31.2 Å². The van der Waals surface area contributed by atoms with Crippen LogP contribution in [0.2, 0.25) is 0 Å². The molecule has 0 aromatic heterocycles. The molecule has 1 unspecified atom stereocenters. The van der Waals surface area contributed by atoms with Gasteiger partial charge in [-0.05, 0) is 31.2 Å². The number of guanidine groups is 1. The van der Waals surface area contributed by atoms with Gasteiger partial charge in [-0.2, -0.15) is 0 Å². The lowest BCUT2D eigenvalue weighted by atomic mass is 10.1. The Bertz CT molecular complexity index is 1030. The molecule has 1 saturated heterocycles. The molecular weight excluding hydrogens is 406 g/mol. The summed E-state index contributed by atoms with van der Waals surface area (Å²) in [5.74, 6) is -0.728. The second-order valence-corrected chi connectivity index (χ2v) is 7.13. The van der Waals surface area contributed by atoms with E-state index in [0.717, 1.165) is 10.6 Å². The maximum atomic E-state index is 13.0. The fourth-order valence-corrected chi connectivity index (χ4v) is 3.83. The molecule has 1 aromatic carbocycles. The first-order chi connectivity index (χ1) is 14.9. The summed E-state index contributed by atoms with van der Waals surface area (Å²) in [5.41, 5.74) is 1.23. The molecule has 3 heterocycles. The number of carbonyl (C=O) groups is 4. The zero-order chi connectivity index (χ0) is 22.3. The predicted octanol–water partition coefficient (Wildman–Crippen LogP) is -0.100. The summed E-state index contributed by atoms with van der Waals surface area (Å²) in [4.78, 5) is 57.9. The van der Waals surface area contributed by atoms with Crippen LogP contribution in [0, 0.1) is 0 Å². The summed E-state index contributed by atoms with van der Waals surface area (Å²) in [7, 11) is 2.72. The largest absolute Gasteiger partial charge is 0.468 e. The minimum Gasteiger partial charge on any atom is -0.468 e. The molecule has 162 valence electrons. The Labute approximate surface area is 178 Å². The van der Waals surface area contributed by atoms with E-state index in [2.05, 4.69) is 9.73 Å². The van der Waals surface area contributed by atoms with Gasteiger partial charge in [0.15, 0.2) is 0 Å². The Morgan fingerprint density at radius 2 is 1.94 bits per heavy atom. The summed E-state index contributed by atoms with van der Waals surface area (Å²) >= 11 is 0. The molecule has 1 fully saturated rings. The van der Waals surface area contributed by atoms with Crippen molar-refractivity contribution in [2.45, 2.75) is 13.0 Å². The van der Waals surface area contributed by atoms with E-state index >= 15 is 0 Å². The van der Waals surface area contributed by atoms with E-state index in [9.17, 15) is 19.2 Å². The lowest BCUT2D eigenvalue weighted by molar-refractivity contribution is -0.525. The highest BCUT2D eigenvalue weighted by atomic mass is 16.5. The lowest BCUT2D eigenvalue weighted by Gasteiger charge is -2.33. The van der Waals surface area contributed by atoms with Crippen LogP contribution in [0.5, 0.6) is 0 Å². The monoisotopic (exact) mass is 428 g/mol. The van der Waals surface area contributed by atoms with Crippen LogP contribution >= 0.6 is 0 Å². The van der Waals surface area contributed by atoms with E-state index in [0.29, 0.717) is 37.1 Å². The van der Waals surface area contributed by atoms with Crippen molar-refractivity contribution in [3.05, 3.63) is 29.8 Å². The van der Waals surface area contributed by atoms with Gasteiger partial charge in [0.1, 0.15) is 18.8 Å². The number of likely N-dealkylation sites (N-methyl/N-ethyl adjacent to an activating group) is 1. The Morgan fingerprint density at radius 3 is 2.58 bits per heavy atom. The number of hydrogen-bond donors (Lipinski definition) is 0. The molecule has 4 rings (SSSR count). The molecule has 0 N–H and O–H groups in total. The van der Waals surface area contributed by atoms with Crippen LogP contribution in [0.3, 0.4) is 0 Å². The van der Waals surface area contributed by atoms with Crippen molar-refractivity contribution >= 4 is 41.4 Å². The first-order valence-electron chi connectivity index (χ1n) is 9.80.